The van der Waals surface area contributed by atoms with Crippen molar-refractivity contribution in [2.75, 3.05) is 32.6 Å². The van der Waals surface area contributed by atoms with E-state index in [9.17, 15) is 13.2 Å². The van der Waals surface area contributed by atoms with Gasteiger partial charge in [-0.05, 0) is 25.0 Å². The molecule has 23 heavy (non-hydrogen) atoms. The number of carbonyl (C=O) groups excluding carboxylic acids is 1. The predicted octanol–water partition coefficient (Wildman–Crippen LogP) is 0.612. The number of piperidine rings is 1. The molecule has 3 rings (SSSR count). The molecule has 0 radical (unpaired) electrons. The molecule has 1 saturated heterocycles. The van der Waals surface area contributed by atoms with E-state index < -0.39 is 10.0 Å². The molecule has 126 valence electrons. The van der Waals surface area contributed by atoms with E-state index in [0.717, 1.165) is 12.8 Å². The average molecular weight is 340 g/mol. The minimum absolute atomic E-state index is 0.202. The van der Waals surface area contributed by atoms with Gasteiger partial charge >= 0.3 is 0 Å². The number of rotatable bonds is 3. The van der Waals surface area contributed by atoms with Crippen LogP contribution < -0.4 is 14.8 Å². The minimum Gasteiger partial charge on any atom is -0.486 e. The second-order valence-electron chi connectivity index (χ2n) is 5.76. The number of fused-ring (bicyclic) bond motifs is 1. The van der Waals surface area contributed by atoms with Crippen molar-refractivity contribution in [1.82, 2.24) is 9.62 Å². The van der Waals surface area contributed by atoms with E-state index in [1.807, 2.05) is 0 Å². The normalized spacial score (nSPS) is 21.7. The van der Waals surface area contributed by atoms with E-state index in [0.29, 0.717) is 43.4 Å². The highest BCUT2D eigenvalue weighted by atomic mass is 32.2. The molecule has 2 aliphatic rings. The number of hydrogen-bond acceptors (Lipinski definition) is 5. The van der Waals surface area contributed by atoms with Gasteiger partial charge in [-0.3, -0.25) is 4.79 Å². The molecule has 1 aromatic rings. The zero-order chi connectivity index (χ0) is 16.4. The molecule has 1 fully saturated rings. The summed E-state index contributed by atoms with van der Waals surface area (Å²) in [4.78, 5) is 12.5. The van der Waals surface area contributed by atoms with E-state index in [4.69, 9.17) is 9.47 Å². The summed E-state index contributed by atoms with van der Waals surface area (Å²) in [5, 5.41) is 2.91. The van der Waals surface area contributed by atoms with Gasteiger partial charge in [0.2, 0.25) is 10.0 Å². The fourth-order valence-corrected chi connectivity index (χ4v) is 3.79. The summed E-state index contributed by atoms with van der Waals surface area (Å²) in [5.74, 6) is 0.741. The van der Waals surface area contributed by atoms with E-state index in [1.54, 1.807) is 18.2 Å². The zero-order valence-corrected chi connectivity index (χ0v) is 13.8. The summed E-state index contributed by atoms with van der Waals surface area (Å²) in [6, 6.07) is 4.98. The molecule has 0 aliphatic carbocycles. The van der Waals surface area contributed by atoms with Crippen LogP contribution in [0.3, 0.4) is 0 Å². The first-order valence-electron chi connectivity index (χ1n) is 7.60. The van der Waals surface area contributed by atoms with E-state index in [1.165, 1.54) is 10.6 Å². The highest BCUT2D eigenvalue weighted by Crippen LogP contribution is 2.33. The van der Waals surface area contributed by atoms with Crippen molar-refractivity contribution in [3.05, 3.63) is 23.8 Å². The van der Waals surface area contributed by atoms with Gasteiger partial charge < -0.3 is 14.8 Å². The van der Waals surface area contributed by atoms with Crippen LogP contribution >= 0.6 is 0 Å². The Bertz CT molecular complexity index is 704. The third-order valence-corrected chi connectivity index (χ3v) is 5.27. The largest absolute Gasteiger partial charge is 0.486 e. The lowest BCUT2D eigenvalue weighted by Gasteiger charge is -2.31. The van der Waals surface area contributed by atoms with Crippen LogP contribution in [0.15, 0.2) is 18.2 Å². The number of benzene rings is 1. The van der Waals surface area contributed by atoms with Crippen LogP contribution in [0.1, 0.15) is 23.2 Å². The third-order valence-electron chi connectivity index (χ3n) is 4.00. The molecule has 2 aliphatic heterocycles. The molecule has 1 atom stereocenters. The van der Waals surface area contributed by atoms with Crippen molar-refractivity contribution in [3.63, 3.8) is 0 Å². The molecule has 0 spiro atoms. The van der Waals surface area contributed by atoms with Crippen LogP contribution in [-0.2, 0) is 10.0 Å². The lowest BCUT2D eigenvalue weighted by molar-refractivity contribution is 0.0910. The van der Waals surface area contributed by atoms with Gasteiger partial charge in [-0.15, -0.1) is 0 Å². The maximum absolute atomic E-state index is 12.5. The number of ether oxygens (including phenoxy) is 2. The van der Waals surface area contributed by atoms with Crippen molar-refractivity contribution in [2.45, 2.75) is 18.9 Å². The molecular weight excluding hydrogens is 320 g/mol. The number of hydrogen-bond donors (Lipinski definition) is 1. The SMILES string of the molecule is CS(=O)(=O)N1CCCC(NC(=O)c2cccc3c2OCCO3)C1. The number of nitrogens with one attached hydrogen (secondary N) is 1. The summed E-state index contributed by atoms with van der Waals surface area (Å²) >= 11 is 0. The maximum Gasteiger partial charge on any atom is 0.255 e. The van der Waals surface area contributed by atoms with Crippen LogP contribution in [0.2, 0.25) is 0 Å². The molecule has 1 aromatic carbocycles. The lowest BCUT2D eigenvalue weighted by Crippen LogP contribution is -2.49. The Morgan fingerprint density at radius 2 is 2.09 bits per heavy atom. The van der Waals surface area contributed by atoms with E-state index in [2.05, 4.69) is 5.32 Å². The molecular formula is C15H20N2O5S. The minimum atomic E-state index is -3.24. The molecule has 8 heteroatoms. The summed E-state index contributed by atoms with van der Waals surface area (Å²) in [5.41, 5.74) is 0.415. The molecule has 1 unspecified atom stereocenters. The van der Waals surface area contributed by atoms with Crippen LogP contribution in [0.25, 0.3) is 0 Å². The first kappa shape index (κ1) is 16.1. The van der Waals surface area contributed by atoms with Gasteiger partial charge in [-0.2, -0.15) is 0 Å². The number of carbonyl (C=O) groups is 1. The van der Waals surface area contributed by atoms with Crippen molar-refractivity contribution in [1.29, 1.82) is 0 Å². The topological polar surface area (TPSA) is 84.9 Å². The molecule has 0 saturated carbocycles. The van der Waals surface area contributed by atoms with Crippen LogP contribution in [-0.4, -0.2) is 57.2 Å². The lowest BCUT2D eigenvalue weighted by atomic mass is 10.1. The fourth-order valence-electron chi connectivity index (χ4n) is 2.88. The smallest absolute Gasteiger partial charge is 0.255 e. The molecule has 1 amide bonds. The summed E-state index contributed by atoms with van der Waals surface area (Å²) in [6.07, 6.45) is 2.67. The Morgan fingerprint density at radius 1 is 1.30 bits per heavy atom. The predicted molar refractivity (Wildman–Crippen MR) is 84.3 cm³/mol. The molecule has 0 bridgehead atoms. The zero-order valence-electron chi connectivity index (χ0n) is 12.9. The van der Waals surface area contributed by atoms with Crippen molar-refractivity contribution in [3.8, 4) is 11.5 Å². The quantitative estimate of drug-likeness (QED) is 0.871. The van der Waals surface area contributed by atoms with E-state index in [-0.39, 0.29) is 11.9 Å². The standard InChI is InChI=1S/C15H20N2O5S/c1-23(19,20)17-7-3-4-11(10-17)16-15(18)12-5-2-6-13-14(12)22-9-8-21-13/h2,5-6,11H,3-4,7-10H2,1H3,(H,16,18). The number of sulfonamides is 1. The molecule has 0 aromatic heterocycles. The van der Waals surface area contributed by atoms with Gasteiger partial charge in [0.15, 0.2) is 11.5 Å². The summed E-state index contributed by atoms with van der Waals surface area (Å²) < 4.78 is 35.7. The Morgan fingerprint density at radius 3 is 2.87 bits per heavy atom. The maximum atomic E-state index is 12.5. The second-order valence-corrected chi connectivity index (χ2v) is 7.75. The van der Waals surface area contributed by atoms with Gasteiger partial charge in [0.05, 0.1) is 11.8 Å². The van der Waals surface area contributed by atoms with Crippen molar-refractivity contribution < 1.29 is 22.7 Å². The van der Waals surface area contributed by atoms with Gasteiger partial charge in [0, 0.05) is 19.1 Å². The summed E-state index contributed by atoms with van der Waals surface area (Å²) in [6.45, 7) is 1.67. The third kappa shape index (κ3) is 3.59. The summed E-state index contributed by atoms with van der Waals surface area (Å²) in [7, 11) is -3.24. The monoisotopic (exact) mass is 340 g/mol. The molecule has 7 nitrogen and oxygen atoms in total. The number of para-hydroxylation sites is 1. The van der Waals surface area contributed by atoms with Gasteiger partial charge in [0.1, 0.15) is 13.2 Å². The van der Waals surface area contributed by atoms with E-state index >= 15 is 0 Å². The molecule has 1 N–H and O–H groups in total. The van der Waals surface area contributed by atoms with Crippen LogP contribution in [0.4, 0.5) is 0 Å². The van der Waals surface area contributed by atoms with Crippen molar-refractivity contribution in [2.24, 2.45) is 0 Å². The number of nitrogens with zero attached hydrogens (tertiary/aromatic N) is 1. The Labute approximate surface area is 135 Å². The highest BCUT2D eigenvalue weighted by molar-refractivity contribution is 7.88. The van der Waals surface area contributed by atoms with Crippen LogP contribution in [0.5, 0.6) is 11.5 Å². The van der Waals surface area contributed by atoms with Crippen LogP contribution in [0, 0.1) is 0 Å². The van der Waals surface area contributed by atoms with Crippen molar-refractivity contribution >= 4 is 15.9 Å². The van der Waals surface area contributed by atoms with Gasteiger partial charge in [0.25, 0.3) is 5.91 Å². The first-order chi connectivity index (χ1) is 10.9. The Balaban J connectivity index is 1.72. The second kappa shape index (κ2) is 6.37. The molecule has 2 heterocycles. The Kier molecular flexibility index (Phi) is 4.45. The fraction of sp³-hybridized carbons (Fsp3) is 0.533. The van der Waals surface area contributed by atoms with Gasteiger partial charge in [-0.25, -0.2) is 12.7 Å². The highest BCUT2D eigenvalue weighted by Gasteiger charge is 2.28. The number of amides is 1. The first-order valence-corrected chi connectivity index (χ1v) is 9.44. The Hall–Kier alpha value is -1.80. The van der Waals surface area contributed by atoms with Gasteiger partial charge in [-0.1, -0.05) is 6.07 Å². The average Bonchev–Trinajstić information content (AvgIpc) is 2.53.